The SMILES string of the molecule is CCCCC(C)NC(=O)OC. The van der Waals surface area contributed by atoms with E-state index in [9.17, 15) is 4.79 Å². The first-order valence-corrected chi connectivity index (χ1v) is 4.05. The molecule has 0 heterocycles. The molecular formula is C8H17NO2. The molecule has 0 saturated carbocycles. The normalized spacial score (nSPS) is 12.3. The summed E-state index contributed by atoms with van der Waals surface area (Å²) in [6.07, 6.45) is 2.98. The smallest absolute Gasteiger partial charge is 0.407 e. The molecule has 0 aliphatic rings. The summed E-state index contributed by atoms with van der Waals surface area (Å²) in [5.74, 6) is 0. The largest absolute Gasteiger partial charge is 0.453 e. The monoisotopic (exact) mass is 159 g/mol. The van der Waals surface area contributed by atoms with Crippen LogP contribution in [0.3, 0.4) is 0 Å². The number of carbonyl (C=O) groups is 1. The molecule has 1 amide bonds. The maximum atomic E-state index is 10.7. The summed E-state index contributed by atoms with van der Waals surface area (Å²) in [6, 6.07) is 0.224. The van der Waals surface area contributed by atoms with Gasteiger partial charge in [-0.15, -0.1) is 0 Å². The number of rotatable bonds is 4. The van der Waals surface area contributed by atoms with Crippen molar-refractivity contribution >= 4 is 6.09 Å². The zero-order valence-electron chi connectivity index (χ0n) is 7.52. The summed E-state index contributed by atoms with van der Waals surface area (Å²) in [5.41, 5.74) is 0. The van der Waals surface area contributed by atoms with Crippen LogP contribution in [0.5, 0.6) is 0 Å². The number of unbranched alkanes of at least 4 members (excludes halogenated alkanes) is 1. The van der Waals surface area contributed by atoms with Gasteiger partial charge in [-0.2, -0.15) is 0 Å². The molecule has 0 aliphatic heterocycles. The lowest BCUT2D eigenvalue weighted by Crippen LogP contribution is -2.32. The molecule has 1 unspecified atom stereocenters. The number of hydrogen-bond donors (Lipinski definition) is 1. The maximum absolute atomic E-state index is 10.7. The van der Waals surface area contributed by atoms with Crippen molar-refractivity contribution in [3.63, 3.8) is 0 Å². The molecule has 3 heteroatoms. The zero-order chi connectivity index (χ0) is 8.69. The maximum Gasteiger partial charge on any atom is 0.407 e. The van der Waals surface area contributed by atoms with Gasteiger partial charge in [-0.3, -0.25) is 0 Å². The van der Waals surface area contributed by atoms with Gasteiger partial charge < -0.3 is 10.1 Å². The van der Waals surface area contributed by atoms with Crippen LogP contribution in [0, 0.1) is 0 Å². The van der Waals surface area contributed by atoms with Crippen molar-refractivity contribution in [3.8, 4) is 0 Å². The minimum absolute atomic E-state index is 0.224. The Balaban J connectivity index is 3.35. The highest BCUT2D eigenvalue weighted by Gasteiger charge is 2.04. The van der Waals surface area contributed by atoms with Gasteiger partial charge in [-0.1, -0.05) is 19.8 Å². The lowest BCUT2D eigenvalue weighted by atomic mass is 10.1. The van der Waals surface area contributed by atoms with Gasteiger partial charge in [0.2, 0.25) is 0 Å². The first kappa shape index (κ1) is 10.3. The van der Waals surface area contributed by atoms with Crippen molar-refractivity contribution in [2.45, 2.75) is 39.2 Å². The number of nitrogens with one attached hydrogen (secondary N) is 1. The Kier molecular flexibility index (Phi) is 5.61. The van der Waals surface area contributed by atoms with E-state index in [1.165, 1.54) is 7.11 Å². The number of amides is 1. The predicted octanol–water partition coefficient (Wildman–Crippen LogP) is 1.92. The summed E-state index contributed by atoms with van der Waals surface area (Å²) >= 11 is 0. The number of methoxy groups -OCH3 is 1. The van der Waals surface area contributed by atoms with Crippen LogP contribution in [0.1, 0.15) is 33.1 Å². The first-order chi connectivity index (χ1) is 5.20. The second kappa shape index (κ2) is 6.01. The Morgan fingerprint density at radius 3 is 2.73 bits per heavy atom. The lowest BCUT2D eigenvalue weighted by molar-refractivity contribution is 0.166. The van der Waals surface area contributed by atoms with Crippen LogP contribution >= 0.6 is 0 Å². The van der Waals surface area contributed by atoms with Gasteiger partial charge in [-0.25, -0.2) is 4.79 Å². The Morgan fingerprint density at radius 2 is 2.27 bits per heavy atom. The highest BCUT2D eigenvalue weighted by atomic mass is 16.5. The van der Waals surface area contributed by atoms with Crippen LogP contribution in [0.15, 0.2) is 0 Å². The fraction of sp³-hybridized carbons (Fsp3) is 0.875. The molecule has 1 atom stereocenters. The van der Waals surface area contributed by atoms with Gasteiger partial charge in [0, 0.05) is 6.04 Å². The highest BCUT2D eigenvalue weighted by Crippen LogP contribution is 1.99. The van der Waals surface area contributed by atoms with Crippen LogP contribution in [0.2, 0.25) is 0 Å². The van der Waals surface area contributed by atoms with Gasteiger partial charge >= 0.3 is 6.09 Å². The summed E-state index contributed by atoms with van der Waals surface area (Å²) < 4.78 is 4.45. The quantitative estimate of drug-likeness (QED) is 0.680. The fourth-order valence-electron chi connectivity index (χ4n) is 0.843. The third-order valence-electron chi connectivity index (χ3n) is 1.54. The molecule has 0 aliphatic carbocycles. The summed E-state index contributed by atoms with van der Waals surface area (Å²) in [6.45, 7) is 4.11. The molecule has 0 fully saturated rings. The van der Waals surface area contributed by atoms with E-state index in [0.717, 1.165) is 19.3 Å². The van der Waals surface area contributed by atoms with Gasteiger partial charge in [0.05, 0.1) is 7.11 Å². The highest BCUT2D eigenvalue weighted by molar-refractivity contribution is 5.67. The number of hydrogen-bond acceptors (Lipinski definition) is 2. The van der Waals surface area contributed by atoms with Crippen LogP contribution in [0.4, 0.5) is 4.79 Å². The van der Waals surface area contributed by atoms with Crippen LogP contribution in [0.25, 0.3) is 0 Å². The third kappa shape index (κ3) is 5.70. The summed E-state index contributed by atoms with van der Waals surface area (Å²) in [4.78, 5) is 10.7. The van der Waals surface area contributed by atoms with Crippen molar-refractivity contribution in [2.24, 2.45) is 0 Å². The van der Waals surface area contributed by atoms with Gasteiger partial charge in [0.1, 0.15) is 0 Å². The van der Waals surface area contributed by atoms with E-state index in [1.54, 1.807) is 0 Å². The van der Waals surface area contributed by atoms with Crippen LogP contribution < -0.4 is 5.32 Å². The standard InChI is InChI=1S/C8H17NO2/c1-4-5-6-7(2)9-8(10)11-3/h7H,4-6H2,1-3H3,(H,9,10). The summed E-state index contributed by atoms with van der Waals surface area (Å²) in [7, 11) is 1.38. The molecule has 0 spiro atoms. The van der Waals surface area contributed by atoms with Crippen LogP contribution in [-0.4, -0.2) is 19.2 Å². The second-order valence-electron chi connectivity index (χ2n) is 2.68. The van der Waals surface area contributed by atoms with E-state index in [4.69, 9.17) is 0 Å². The van der Waals surface area contributed by atoms with Crippen molar-refractivity contribution in [1.29, 1.82) is 0 Å². The molecule has 1 N–H and O–H groups in total. The average Bonchev–Trinajstić information content (AvgIpc) is 2.00. The molecule has 0 saturated heterocycles. The second-order valence-corrected chi connectivity index (χ2v) is 2.68. The molecule has 0 rings (SSSR count). The van der Waals surface area contributed by atoms with E-state index >= 15 is 0 Å². The molecule has 11 heavy (non-hydrogen) atoms. The predicted molar refractivity (Wildman–Crippen MR) is 44.5 cm³/mol. The van der Waals surface area contributed by atoms with E-state index in [1.807, 2.05) is 6.92 Å². The van der Waals surface area contributed by atoms with Crippen LogP contribution in [-0.2, 0) is 4.74 Å². The topological polar surface area (TPSA) is 38.3 Å². The third-order valence-corrected chi connectivity index (χ3v) is 1.54. The number of alkyl carbamates (subject to hydrolysis) is 1. The average molecular weight is 159 g/mol. The molecule has 0 bridgehead atoms. The van der Waals surface area contributed by atoms with E-state index < -0.39 is 0 Å². The van der Waals surface area contributed by atoms with Crippen molar-refractivity contribution in [3.05, 3.63) is 0 Å². The molecule has 3 nitrogen and oxygen atoms in total. The van der Waals surface area contributed by atoms with Gasteiger partial charge in [0.25, 0.3) is 0 Å². The molecule has 0 radical (unpaired) electrons. The van der Waals surface area contributed by atoms with E-state index in [0.29, 0.717) is 0 Å². The summed E-state index contributed by atoms with van der Waals surface area (Å²) in [5, 5.41) is 2.70. The van der Waals surface area contributed by atoms with Gasteiger partial charge in [0.15, 0.2) is 0 Å². The molecule has 0 aromatic heterocycles. The van der Waals surface area contributed by atoms with Crippen molar-refractivity contribution in [1.82, 2.24) is 5.32 Å². The Bertz CT molecular complexity index is 115. The Labute approximate surface area is 68.1 Å². The molecular weight excluding hydrogens is 142 g/mol. The van der Waals surface area contributed by atoms with E-state index in [-0.39, 0.29) is 12.1 Å². The van der Waals surface area contributed by atoms with Gasteiger partial charge in [-0.05, 0) is 13.3 Å². The van der Waals surface area contributed by atoms with E-state index in [2.05, 4.69) is 17.0 Å². The molecule has 0 aromatic carbocycles. The minimum atomic E-state index is -0.339. The zero-order valence-corrected chi connectivity index (χ0v) is 7.52. The Morgan fingerprint density at radius 1 is 1.64 bits per heavy atom. The van der Waals surface area contributed by atoms with Crippen molar-refractivity contribution in [2.75, 3.05) is 7.11 Å². The fourth-order valence-corrected chi connectivity index (χ4v) is 0.843. The molecule has 0 aromatic rings. The molecule has 66 valence electrons. The Hall–Kier alpha value is -0.730. The lowest BCUT2D eigenvalue weighted by Gasteiger charge is -2.11. The number of ether oxygens (including phenoxy) is 1. The minimum Gasteiger partial charge on any atom is -0.453 e. The number of carbonyl (C=O) groups excluding carboxylic acids is 1. The van der Waals surface area contributed by atoms with Crippen molar-refractivity contribution < 1.29 is 9.53 Å². The first-order valence-electron chi connectivity index (χ1n) is 4.05.